The van der Waals surface area contributed by atoms with Crippen LogP contribution in [0.5, 0.6) is 5.75 Å². The van der Waals surface area contributed by atoms with Gasteiger partial charge in [-0.2, -0.15) is 0 Å². The van der Waals surface area contributed by atoms with Crippen LogP contribution in [-0.2, 0) is 11.3 Å². The van der Waals surface area contributed by atoms with E-state index in [1.54, 1.807) is 42.6 Å². The number of Topliss-reactive ketones (excluding diaryl/α,β-unsaturated/α-hetero) is 1. The van der Waals surface area contributed by atoms with Crippen molar-refractivity contribution >= 4 is 11.6 Å². The monoisotopic (exact) mass is 358 g/mol. The average molecular weight is 358 g/mol. The van der Waals surface area contributed by atoms with Crippen molar-refractivity contribution in [2.24, 2.45) is 0 Å². The van der Waals surface area contributed by atoms with Crippen LogP contribution < -0.4 is 10.1 Å². The lowest BCUT2D eigenvalue weighted by molar-refractivity contribution is -0.157. The summed E-state index contributed by atoms with van der Waals surface area (Å²) in [4.78, 5) is 17.9. The van der Waals surface area contributed by atoms with E-state index in [2.05, 4.69) is 10.3 Å². The van der Waals surface area contributed by atoms with E-state index < -0.39 is 11.3 Å². The Bertz CT molecular complexity index is 1100. The molecule has 0 fully saturated rings. The predicted octanol–water partition coefficient (Wildman–Crippen LogP) is 3.44. The van der Waals surface area contributed by atoms with Crippen molar-refractivity contribution in [1.29, 1.82) is 0 Å². The first-order valence-electron chi connectivity index (χ1n) is 8.84. The second-order valence-corrected chi connectivity index (χ2v) is 7.14. The van der Waals surface area contributed by atoms with Crippen molar-refractivity contribution in [3.05, 3.63) is 88.6 Å². The number of nitrogens with zero attached hydrogens (tertiary/aromatic N) is 1. The summed E-state index contributed by atoms with van der Waals surface area (Å²) < 4.78 is 6.07. The van der Waals surface area contributed by atoms with Gasteiger partial charge in [0.2, 0.25) is 11.3 Å². The molecule has 5 rings (SSSR count). The van der Waals surface area contributed by atoms with Gasteiger partial charge in [0, 0.05) is 22.9 Å². The fourth-order valence-electron chi connectivity index (χ4n) is 4.13. The standard InChI is InChI=1S/C22H18N2O3/c1-13-11-17-18(12-14(13)2)27-22(26)16-8-4-3-7-15(16)20(25)21(17,22)24-19-9-5-6-10-23-19/h3-12,26H,1-2H3,(H,23,24). The number of aromatic nitrogens is 1. The molecule has 2 aromatic carbocycles. The number of carbonyl (C=O) groups excluding carboxylic acids is 1. The first-order valence-corrected chi connectivity index (χ1v) is 8.84. The highest BCUT2D eigenvalue weighted by Crippen LogP contribution is 2.59. The van der Waals surface area contributed by atoms with Crippen LogP contribution in [-0.4, -0.2) is 15.9 Å². The maximum Gasteiger partial charge on any atom is 0.271 e. The van der Waals surface area contributed by atoms with Gasteiger partial charge in [-0.1, -0.05) is 30.3 Å². The third kappa shape index (κ3) is 1.87. The number of rotatable bonds is 2. The smallest absolute Gasteiger partial charge is 0.271 e. The number of carbonyl (C=O) groups is 1. The van der Waals surface area contributed by atoms with Crippen molar-refractivity contribution in [3.63, 3.8) is 0 Å². The van der Waals surface area contributed by atoms with Crippen LogP contribution in [0.25, 0.3) is 0 Å². The molecule has 0 saturated carbocycles. The molecule has 0 amide bonds. The van der Waals surface area contributed by atoms with Gasteiger partial charge in [0.15, 0.2) is 0 Å². The number of nitrogens with one attached hydrogen (secondary N) is 1. The third-order valence-electron chi connectivity index (χ3n) is 5.62. The lowest BCUT2D eigenvalue weighted by Crippen LogP contribution is -2.54. The fraction of sp³-hybridized carbons (Fsp3) is 0.182. The van der Waals surface area contributed by atoms with Gasteiger partial charge in [-0.15, -0.1) is 0 Å². The number of aliphatic hydroxyl groups is 1. The molecule has 5 heteroatoms. The summed E-state index contributed by atoms with van der Waals surface area (Å²) in [5, 5.41) is 15.0. The van der Waals surface area contributed by atoms with E-state index in [0.717, 1.165) is 11.1 Å². The number of pyridine rings is 1. The quantitative estimate of drug-likeness (QED) is 0.734. The topological polar surface area (TPSA) is 71.5 Å². The van der Waals surface area contributed by atoms with Gasteiger partial charge < -0.3 is 15.2 Å². The average Bonchev–Trinajstić information content (AvgIpc) is 3.01. The zero-order valence-electron chi connectivity index (χ0n) is 15.0. The summed E-state index contributed by atoms with van der Waals surface area (Å²) in [7, 11) is 0. The van der Waals surface area contributed by atoms with Crippen molar-refractivity contribution in [2.45, 2.75) is 25.2 Å². The summed E-state index contributed by atoms with van der Waals surface area (Å²) in [6.45, 7) is 3.96. The number of hydrogen-bond acceptors (Lipinski definition) is 5. The molecule has 1 aliphatic carbocycles. The first-order chi connectivity index (χ1) is 13.0. The number of fused-ring (bicyclic) bond motifs is 5. The number of ether oxygens (including phenoxy) is 1. The van der Waals surface area contributed by atoms with Gasteiger partial charge in [0.1, 0.15) is 11.6 Å². The number of ketones is 1. The zero-order valence-corrected chi connectivity index (χ0v) is 15.0. The van der Waals surface area contributed by atoms with Crippen molar-refractivity contribution in [3.8, 4) is 5.75 Å². The maximum atomic E-state index is 13.6. The van der Waals surface area contributed by atoms with Gasteiger partial charge in [0.25, 0.3) is 5.79 Å². The minimum absolute atomic E-state index is 0.228. The fourth-order valence-corrected chi connectivity index (χ4v) is 4.13. The summed E-state index contributed by atoms with van der Waals surface area (Å²) in [6.07, 6.45) is 1.64. The second kappa shape index (κ2) is 5.18. The van der Waals surface area contributed by atoms with E-state index in [0.29, 0.717) is 28.3 Å². The van der Waals surface area contributed by atoms with Crippen molar-refractivity contribution < 1.29 is 14.6 Å². The molecule has 2 unspecified atom stereocenters. The Kier molecular flexibility index (Phi) is 3.07. The normalized spacial score (nSPS) is 24.8. The molecule has 0 radical (unpaired) electrons. The molecule has 2 aliphatic rings. The van der Waals surface area contributed by atoms with Crippen LogP contribution in [0.1, 0.15) is 32.6 Å². The molecular formula is C22H18N2O3. The maximum absolute atomic E-state index is 13.6. The molecule has 1 aromatic heterocycles. The molecule has 0 saturated heterocycles. The summed E-state index contributed by atoms with van der Waals surface area (Å²) in [6, 6.07) is 16.2. The molecule has 2 N–H and O–H groups in total. The highest BCUT2D eigenvalue weighted by atomic mass is 16.6. The Morgan fingerprint density at radius 3 is 2.52 bits per heavy atom. The molecule has 2 atom stereocenters. The van der Waals surface area contributed by atoms with Crippen LogP contribution in [0.2, 0.25) is 0 Å². The highest BCUT2D eigenvalue weighted by Gasteiger charge is 2.71. The Labute approximate surface area is 156 Å². The predicted molar refractivity (Wildman–Crippen MR) is 101 cm³/mol. The minimum atomic E-state index is -1.85. The van der Waals surface area contributed by atoms with Gasteiger partial charge in [0.05, 0.1) is 0 Å². The SMILES string of the molecule is Cc1cc2c(cc1C)C1(Nc3ccccn3)C(=O)c3ccccc3C1(O)O2. The van der Waals surface area contributed by atoms with Gasteiger partial charge in [-0.05, 0) is 49.2 Å². The van der Waals surface area contributed by atoms with Crippen LogP contribution in [0.3, 0.4) is 0 Å². The van der Waals surface area contributed by atoms with Gasteiger partial charge >= 0.3 is 0 Å². The summed E-state index contributed by atoms with van der Waals surface area (Å²) in [5.74, 6) is -1.08. The Hall–Kier alpha value is -3.18. The number of benzene rings is 2. The third-order valence-corrected chi connectivity index (χ3v) is 5.62. The van der Waals surface area contributed by atoms with Crippen LogP contribution in [0.15, 0.2) is 60.8 Å². The van der Waals surface area contributed by atoms with E-state index in [-0.39, 0.29) is 5.78 Å². The highest BCUT2D eigenvalue weighted by molar-refractivity contribution is 6.12. The van der Waals surface area contributed by atoms with E-state index in [4.69, 9.17) is 4.74 Å². The van der Waals surface area contributed by atoms with Crippen LogP contribution in [0.4, 0.5) is 5.82 Å². The Morgan fingerprint density at radius 2 is 1.74 bits per heavy atom. The second-order valence-electron chi connectivity index (χ2n) is 7.14. The van der Waals surface area contributed by atoms with Crippen LogP contribution in [0, 0.1) is 13.8 Å². The zero-order chi connectivity index (χ0) is 18.8. The first kappa shape index (κ1) is 16.0. The largest absolute Gasteiger partial charge is 0.454 e. The molecule has 0 bridgehead atoms. The van der Waals surface area contributed by atoms with Crippen molar-refractivity contribution in [1.82, 2.24) is 4.98 Å². The lowest BCUT2D eigenvalue weighted by atomic mass is 9.82. The molecule has 27 heavy (non-hydrogen) atoms. The number of anilines is 1. The van der Waals surface area contributed by atoms with E-state index in [9.17, 15) is 9.90 Å². The Balaban J connectivity index is 1.82. The number of aryl methyl sites for hydroxylation is 2. The summed E-state index contributed by atoms with van der Waals surface area (Å²) in [5.41, 5.74) is 2.11. The lowest BCUT2D eigenvalue weighted by Gasteiger charge is -2.34. The molecule has 2 heterocycles. The molecule has 5 nitrogen and oxygen atoms in total. The molecule has 1 aliphatic heterocycles. The van der Waals surface area contributed by atoms with Gasteiger partial charge in [-0.25, -0.2) is 4.98 Å². The minimum Gasteiger partial charge on any atom is -0.454 e. The van der Waals surface area contributed by atoms with E-state index >= 15 is 0 Å². The Morgan fingerprint density at radius 1 is 1.00 bits per heavy atom. The van der Waals surface area contributed by atoms with E-state index in [1.807, 2.05) is 32.0 Å². The molecular weight excluding hydrogens is 340 g/mol. The van der Waals surface area contributed by atoms with Crippen LogP contribution >= 0.6 is 0 Å². The molecule has 0 spiro atoms. The van der Waals surface area contributed by atoms with E-state index in [1.165, 1.54) is 0 Å². The van der Waals surface area contributed by atoms with Crippen molar-refractivity contribution in [2.75, 3.05) is 5.32 Å². The van der Waals surface area contributed by atoms with Gasteiger partial charge in [-0.3, -0.25) is 4.79 Å². The molecule has 134 valence electrons. The summed E-state index contributed by atoms with van der Waals surface area (Å²) >= 11 is 0. The number of hydrogen-bond donors (Lipinski definition) is 2. The molecule has 3 aromatic rings.